The first-order valence-electron chi connectivity index (χ1n) is 10.1. The zero-order valence-electron chi connectivity index (χ0n) is 17.5. The summed E-state index contributed by atoms with van der Waals surface area (Å²) in [5, 5.41) is 13.3. The number of aryl methyl sites for hydroxylation is 2. The third kappa shape index (κ3) is 3.83. The Labute approximate surface area is 188 Å². The van der Waals surface area contributed by atoms with Gasteiger partial charge in [0.1, 0.15) is 5.56 Å². The zero-order valence-corrected chi connectivity index (χ0v) is 18.4. The summed E-state index contributed by atoms with van der Waals surface area (Å²) in [6.07, 6.45) is 0. The number of thiazole rings is 1. The maximum absolute atomic E-state index is 13.4. The summed E-state index contributed by atoms with van der Waals surface area (Å²) < 4.78 is 1.68. The van der Waals surface area contributed by atoms with E-state index in [-0.39, 0.29) is 5.91 Å². The van der Waals surface area contributed by atoms with Gasteiger partial charge < -0.3 is 5.32 Å². The molecular weight excluding hydrogens is 420 g/mol. The van der Waals surface area contributed by atoms with E-state index < -0.39 is 0 Å². The van der Waals surface area contributed by atoms with Crippen LogP contribution in [0.3, 0.4) is 0 Å². The predicted octanol–water partition coefficient (Wildman–Crippen LogP) is 5.47. The second-order valence-electron chi connectivity index (χ2n) is 7.35. The van der Waals surface area contributed by atoms with Crippen LogP contribution in [0.2, 0.25) is 0 Å². The third-order valence-electron chi connectivity index (χ3n) is 4.95. The molecule has 5 aromatic rings. The van der Waals surface area contributed by atoms with E-state index in [2.05, 4.69) is 25.7 Å². The maximum atomic E-state index is 13.4. The number of para-hydroxylation sites is 1. The minimum Gasteiger partial charge on any atom is -0.338 e. The van der Waals surface area contributed by atoms with Gasteiger partial charge in [-0.3, -0.25) is 10.1 Å². The molecule has 0 aliphatic heterocycles. The number of anilines is 3. The number of carbonyl (C=O) groups is 1. The lowest BCUT2D eigenvalue weighted by Gasteiger charge is -2.06. The fourth-order valence-corrected chi connectivity index (χ4v) is 4.22. The van der Waals surface area contributed by atoms with Crippen LogP contribution in [-0.2, 0) is 0 Å². The van der Waals surface area contributed by atoms with Crippen LogP contribution < -0.4 is 10.6 Å². The van der Waals surface area contributed by atoms with Crippen molar-refractivity contribution in [1.29, 1.82) is 0 Å². The molecule has 3 heterocycles. The van der Waals surface area contributed by atoms with Crippen LogP contribution in [0.15, 0.2) is 72.1 Å². The number of benzene rings is 2. The second kappa shape index (κ2) is 8.24. The van der Waals surface area contributed by atoms with Crippen molar-refractivity contribution in [3.05, 3.63) is 89.1 Å². The van der Waals surface area contributed by atoms with Crippen LogP contribution in [0, 0.1) is 13.8 Å². The lowest BCUT2D eigenvalue weighted by Crippen LogP contribution is -2.14. The van der Waals surface area contributed by atoms with Gasteiger partial charge in [0.15, 0.2) is 16.6 Å². The van der Waals surface area contributed by atoms with Crippen LogP contribution in [0.5, 0.6) is 0 Å². The average molecular weight is 441 g/mol. The van der Waals surface area contributed by atoms with Gasteiger partial charge in [-0.05, 0) is 32.0 Å². The van der Waals surface area contributed by atoms with Crippen molar-refractivity contribution in [2.24, 2.45) is 0 Å². The molecule has 5 rings (SSSR count). The minimum absolute atomic E-state index is 0.315. The molecule has 0 radical (unpaired) electrons. The summed E-state index contributed by atoms with van der Waals surface area (Å²) in [6.45, 7) is 3.84. The molecule has 0 bridgehead atoms. The normalized spacial score (nSPS) is 10.9. The van der Waals surface area contributed by atoms with Crippen molar-refractivity contribution in [3.8, 4) is 11.3 Å². The SMILES string of the molecule is Cc1cc(C)n2nc(Nc3ccccc3)c(C(=O)Nc3nc(-c4ccccc4)cs3)c2n1. The number of amides is 1. The Kier molecular flexibility index (Phi) is 5.12. The molecule has 158 valence electrons. The van der Waals surface area contributed by atoms with Gasteiger partial charge in [-0.2, -0.15) is 0 Å². The van der Waals surface area contributed by atoms with Gasteiger partial charge in [0.05, 0.1) is 5.69 Å². The van der Waals surface area contributed by atoms with E-state index in [4.69, 9.17) is 0 Å². The molecule has 0 saturated heterocycles. The van der Waals surface area contributed by atoms with E-state index >= 15 is 0 Å². The van der Waals surface area contributed by atoms with Gasteiger partial charge in [0.25, 0.3) is 5.91 Å². The van der Waals surface area contributed by atoms with Crippen molar-refractivity contribution in [3.63, 3.8) is 0 Å². The van der Waals surface area contributed by atoms with Crippen LogP contribution in [-0.4, -0.2) is 25.5 Å². The number of aromatic nitrogens is 4. The Morgan fingerprint density at radius 2 is 1.69 bits per heavy atom. The molecule has 0 saturated carbocycles. The Balaban J connectivity index is 1.52. The smallest absolute Gasteiger partial charge is 0.265 e. The number of rotatable bonds is 5. The fourth-order valence-electron chi connectivity index (χ4n) is 3.51. The monoisotopic (exact) mass is 440 g/mol. The topological polar surface area (TPSA) is 84.2 Å². The Morgan fingerprint density at radius 3 is 2.44 bits per heavy atom. The van der Waals surface area contributed by atoms with Crippen LogP contribution in [0.1, 0.15) is 21.7 Å². The maximum Gasteiger partial charge on any atom is 0.265 e. The van der Waals surface area contributed by atoms with E-state index in [1.165, 1.54) is 11.3 Å². The molecule has 3 aromatic heterocycles. The highest BCUT2D eigenvalue weighted by atomic mass is 32.1. The minimum atomic E-state index is -0.315. The number of nitrogens with zero attached hydrogens (tertiary/aromatic N) is 4. The van der Waals surface area contributed by atoms with Crippen molar-refractivity contribution in [1.82, 2.24) is 19.6 Å². The van der Waals surface area contributed by atoms with Crippen molar-refractivity contribution in [2.75, 3.05) is 10.6 Å². The number of nitrogens with one attached hydrogen (secondary N) is 2. The molecule has 32 heavy (non-hydrogen) atoms. The standard InChI is InChI=1S/C24H20N6OS/c1-15-13-16(2)30-22(25-15)20(21(29-30)26-18-11-7-4-8-12-18)23(31)28-24-27-19(14-32-24)17-9-5-3-6-10-17/h3-14H,1-2H3,(H,26,29)(H,27,28,31). The molecule has 2 aromatic carbocycles. The van der Waals surface area contributed by atoms with E-state index in [1.807, 2.05) is 86.0 Å². The number of carbonyl (C=O) groups excluding carboxylic acids is 1. The average Bonchev–Trinajstić information content (AvgIpc) is 3.40. The Bertz CT molecular complexity index is 1410. The summed E-state index contributed by atoms with van der Waals surface area (Å²) in [5.41, 5.74) is 5.23. The molecule has 2 N–H and O–H groups in total. The third-order valence-corrected chi connectivity index (χ3v) is 5.71. The molecule has 0 unspecified atom stereocenters. The summed E-state index contributed by atoms with van der Waals surface area (Å²) >= 11 is 1.38. The van der Waals surface area contributed by atoms with Gasteiger partial charge in [-0.15, -0.1) is 16.4 Å². The molecule has 0 aliphatic carbocycles. The Morgan fingerprint density at radius 1 is 0.969 bits per heavy atom. The molecule has 0 spiro atoms. The molecular formula is C24H20N6OS. The van der Waals surface area contributed by atoms with Gasteiger partial charge in [-0.1, -0.05) is 48.5 Å². The fraction of sp³-hybridized carbons (Fsp3) is 0.0833. The largest absolute Gasteiger partial charge is 0.338 e. The second-order valence-corrected chi connectivity index (χ2v) is 8.21. The Hall–Kier alpha value is -4.04. The molecule has 1 amide bonds. The predicted molar refractivity (Wildman–Crippen MR) is 128 cm³/mol. The van der Waals surface area contributed by atoms with Crippen LogP contribution >= 0.6 is 11.3 Å². The van der Waals surface area contributed by atoms with Gasteiger partial charge >= 0.3 is 0 Å². The summed E-state index contributed by atoms with van der Waals surface area (Å²) in [7, 11) is 0. The summed E-state index contributed by atoms with van der Waals surface area (Å²) in [6, 6.07) is 21.4. The molecule has 0 aliphatic rings. The highest BCUT2D eigenvalue weighted by Crippen LogP contribution is 2.28. The first-order valence-corrected chi connectivity index (χ1v) is 11.0. The van der Waals surface area contributed by atoms with Crippen LogP contribution in [0.25, 0.3) is 16.9 Å². The van der Waals surface area contributed by atoms with E-state index in [0.29, 0.717) is 22.2 Å². The van der Waals surface area contributed by atoms with Gasteiger partial charge in [0.2, 0.25) is 0 Å². The summed E-state index contributed by atoms with van der Waals surface area (Å²) in [4.78, 5) is 22.6. The van der Waals surface area contributed by atoms with Crippen molar-refractivity contribution in [2.45, 2.75) is 13.8 Å². The summed E-state index contributed by atoms with van der Waals surface area (Å²) in [5.74, 6) is 0.125. The van der Waals surface area contributed by atoms with Gasteiger partial charge in [0, 0.05) is 28.0 Å². The van der Waals surface area contributed by atoms with E-state index in [9.17, 15) is 4.79 Å². The molecule has 8 heteroatoms. The number of hydrogen-bond donors (Lipinski definition) is 2. The molecule has 7 nitrogen and oxygen atoms in total. The molecule has 0 atom stereocenters. The lowest BCUT2D eigenvalue weighted by atomic mass is 10.2. The molecule has 0 fully saturated rings. The van der Waals surface area contributed by atoms with Gasteiger partial charge in [-0.25, -0.2) is 14.5 Å². The highest BCUT2D eigenvalue weighted by Gasteiger charge is 2.23. The van der Waals surface area contributed by atoms with E-state index in [1.54, 1.807) is 4.52 Å². The zero-order chi connectivity index (χ0) is 22.1. The quantitative estimate of drug-likeness (QED) is 0.379. The van der Waals surface area contributed by atoms with Crippen molar-refractivity contribution < 1.29 is 4.79 Å². The van der Waals surface area contributed by atoms with Crippen LogP contribution in [0.4, 0.5) is 16.6 Å². The number of fused-ring (bicyclic) bond motifs is 1. The van der Waals surface area contributed by atoms with Crippen molar-refractivity contribution >= 4 is 39.5 Å². The lowest BCUT2D eigenvalue weighted by molar-refractivity contribution is 0.102. The van der Waals surface area contributed by atoms with E-state index in [0.717, 1.165) is 28.3 Å². The first-order chi connectivity index (χ1) is 15.6. The highest BCUT2D eigenvalue weighted by molar-refractivity contribution is 7.14. The first kappa shape index (κ1) is 19.9. The number of hydrogen-bond acceptors (Lipinski definition) is 6.